The van der Waals surface area contributed by atoms with Crippen molar-refractivity contribution in [3.8, 4) is 0 Å². The zero-order chi connectivity index (χ0) is 12.1. The van der Waals surface area contributed by atoms with Gasteiger partial charge in [0.1, 0.15) is 0 Å². The highest BCUT2D eigenvalue weighted by Crippen LogP contribution is 2.22. The van der Waals surface area contributed by atoms with Crippen LogP contribution in [0, 0.1) is 0 Å². The van der Waals surface area contributed by atoms with Crippen LogP contribution in [0.2, 0.25) is 0 Å². The Morgan fingerprint density at radius 1 is 1.18 bits per heavy atom. The molecule has 0 aromatic heterocycles. The van der Waals surface area contributed by atoms with Gasteiger partial charge in [0.05, 0.1) is 12.7 Å². The van der Waals surface area contributed by atoms with Crippen LogP contribution in [0.3, 0.4) is 0 Å². The Labute approximate surface area is 112 Å². The van der Waals surface area contributed by atoms with Crippen LogP contribution >= 0.6 is 15.9 Å². The first-order valence-corrected chi connectivity index (χ1v) is 7.10. The summed E-state index contributed by atoms with van der Waals surface area (Å²) in [7, 11) is 2.05. The molecule has 0 heterocycles. The lowest BCUT2D eigenvalue weighted by atomic mass is 9.93. The van der Waals surface area contributed by atoms with E-state index in [9.17, 15) is 0 Å². The summed E-state index contributed by atoms with van der Waals surface area (Å²) >= 11 is 3.44. The van der Waals surface area contributed by atoms with E-state index in [1.54, 1.807) is 0 Å². The molecule has 1 fully saturated rings. The summed E-state index contributed by atoms with van der Waals surface area (Å²) in [6, 6.07) is 9.06. The molecule has 2 nitrogen and oxygen atoms in total. The van der Waals surface area contributed by atoms with Crippen LogP contribution in [-0.4, -0.2) is 19.2 Å². The van der Waals surface area contributed by atoms with Gasteiger partial charge in [0.25, 0.3) is 0 Å². The van der Waals surface area contributed by atoms with Crippen molar-refractivity contribution in [3.63, 3.8) is 0 Å². The van der Waals surface area contributed by atoms with Gasteiger partial charge in [0, 0.05) is 10.5 Å². The quantitative estimate of drug-likeness (QED) is 0.918. The summed E-state index contributed by atoms with van der Waals surface area (Å²) < 4.78 is 7.08. The summed E-state index contributed by atoms with van der Waals surface area (Å²) in [5, 5.41) is 3.34. The highest BCUT2D eigenvalue weighted by molar-refractivity contribution is 9.10. The summed E-state index contributed by atoms with van der Waals surface area (Å²) in [6.45, 7) is 0.738. The minimum absolute atomic E-state index is 0.447. The van der Waals surface area contributed by atoms with Crippen molar-refractivity contribution in [1.82, 2.24) is 5.32 Å². The normalized spacial score (nSPS) is 24.8. The monoisotopic (exact) mass is 297 g/mol. The maximum atomic E-state index is 5.96. The molecule has 0 radical (unpaired) electrons. The van der Waals surface area contributed by atoms with Crippen LogP contribution in [0.15, 0.2) is 28.7 Å². The van der Waals surface area contributed by atoms with Gasteiger partial charge in [0.2, 0.25) is 0 Å². The van der Waals surface area contributed by atoms with Crippen LogP contribution in [0.4, 0.5) is 0 Å². The Bertz CT molecular complexity index is 331. The molecule has 1 aromatic rings. The molecule has 0 unspecified atom stereocenters. The molecule has 0 bridgehead atoms. The van der Waals surface area contributed by atoms with Crippen LogP contribution in [-0.2, 0) is 11.3 Å². The number of nitrogens with one attached hydrogen (secondary N) is 1. The van der Waals surface area contributed by atoms with Crippen LogP contribution in [0.1, 0.15) is 31.2 Å². The second-order valence-corrected chi connectivity index (χ2v) is 5.62. The van der Waals surface area contributed by atoms with Gasteiger partial charge in [-0.05, 0) is 50.4 Å². The molecule has 0 saturated heterocycles. The van der Waals surface area contributed by atoms with Gasteiger partial charge >= 0.3 is 0 Å². The van der Waals surface area contributed by atoms with Crippen molar-refractivity contribution in [1.29, 1.82) is 0 Å². The topological polar surface area (TPSA) is 21.3 Å². The third kappa shape index (κ3) is 4.09. The van der Waals surface area contributed by atoms with Gasteiger partial charge in [-0.25, -0.2) is 0 Å². The van der Waals surface area contributed by atoms with Crippen molar-refractivity contribution < 1.29 is 4.74 Å². The second kappa shape index (κ2) is 6.53. The SMILES string of the molecule is CNC1CCC(OCc2ccc(Br)cc2)CC1. The van der Waals surface area contributed by atoms with Gasteiger partial charge in [-0.1, -0.05) is 28.1 Å². The van der Waals surface area contributed by atoms with E-state index >= 15 is 0 Å². The standard InChI is InChI=1S/C14H20BrNO/c1-16-13-6-8-14(9-7-13)17-10-11-2-4-12(15)5-3-11/h2-5,13-14,16H,6-10H2,1H3. The first kappa shape index (κ1) is 13.1. The van der Waals surface area contributed by atoms with E-state index in [2.05, 4.69) is 45.5 Å². The molecule has 1 aliphatic rings. The third-order valence-corrected chi connectivity index (χ3v) is 4.01. The Kier molecular flexibility index (Phi) is 5.01. The number of benzene rings is 1. The number of halogens is 1. The molecule has 0 aliphatic heterocycles. The molecule has 0 amide bonds. The van der Waals surface area contributed by atoms with Gasteiger partial charge in [-0.15, -0.1) is 0 Å². The summed E-state index contributed by atoms with van der Waals surface area (Å²) in [4.78, 5) is 0. The molecule has 17 heavy (non-hydrogen) atoms. The van der Waals surface area contributed by atoms with Gasteiger partial charge in [-0.3, -0.25) is 0 Å². The maximum Gasteiger partial charge on any atom is 0.0720 e. The van der Waals surface area contributed by atoms with Gasteiger partial charge in [0.15, 0.2) is 0 Å². The average molecular weight is 298 g/mol. The zero-order valence-corrected chi connectivity index (χ0v) is 11.9. The lowest BCUT2D eigenvalue weighted by molar-refractivity contribution is 0.0118. The molecular weight excluding hydrogens is 278 g/mol. The van der Waals surface area contributed by atoms with E-state index in [0.29, 0.717) is 12.1 Å². The molecule has 1 aliphatic carbocycles. The fraction of sp³-hybridized carbons (Fsp3) is 0.571. The number of hydrogen-bond acceptors (Lipinski definition) is 2. The maximum absolute atomic E-state index is 5.96. The van der Waals surface area contributed by atoms with E-state index in [4.69, 9.17) is 4.74 Å². The van der Waals surface area contributed by atoms with Crippen molar-refractivity contribution >= 4 is 15.9 Å². The van der Waals surface area contributed by atoms with E-state index < -0.39 is 0 Å². The van der Waals surface area contributed by atoms with E-state index in [-0.39, 0.29) is 0 Å². The minimum atomic E-state index is 0.447. The third-order valence-electron chi connectivity index (χ3n) is 3.48. The van der Waals surface area contributed by atoms with E-state index in [0.717, 1.165) is 11.1 Å². The van der Waals surface area contributed by atoms with E-state index in [1.807, 2.05) is 7.05 Å². The van der Waals surface area contributed by atoms with E-state index in [1.165, 1.54) is 31.2 Å². The lowest BCUT2D eigenvalue weighted by Gasteiger charge is -2.28. The fourth-order valence-electron chi connectivity index (χ4n) is 2.31. The number of hydrogen-bond donors (Lipinski definition) is 1. The first-order chi connectivity index (χ1) is 8.28. The Balaban J connectivity index is 1.74. The molecule has 0 spiro atoms. The van der Waals surface area contributed by atoms with Crippen LogP contribution < -0.4 is 5.32 Å². The predicted molar refractivity (Wildman–Crippen MR) is 74.0 cm³/mol. The van der Waals surface area contributed by atoms with Crippen molar-refractivity contribution in [2.45, 2.75) is 44.4 Å². The minimum Gasteiger partial charge on any atom is -0.374 e. The zero-order valence-electron chi connectivity index (χ0n) is 10.3. The molecule has 1 N–H and O–H groups in total. The molecule has 2 rings (SSSR count). The average Bonchev–Trinajstić information content (AvgIpc) is 2.39. The van der Waals surface area contributed by atoms with Crippen LogP contribution in [0.25, 0.3) is 0 Å². The number of ether oxygens (including phenoxy) is 1. The highest BCUT2D eigenvalue weighted by Gasteiger charge is 2.20. The fourth-order valence-corrected chi connectivity index (χ4v) is 2.58. The Morgan fingerprint density at radius 2 is 1.82 bits per heavy atom. The van der Waals surface area contributed by atoms with Crippen molar-refractivity contribution in [3.05, 3.63) is 34.3 Å². The molecule has 1 saturated carbocycles. The molecule has 1 aromatic carbocycles. The largest absolute Gasteiger partial charge is 0.374 e. The predicted octanol–water partition coefficient (Wildman–Crippen LogP) is 3.50. The van der Waals surface area contributed by atoms with Gasteiger partial charge in [-0.2, -0.15) is 0 Å². The Hall–Kier alpha value is -0.380. The lowest BCUT2D eigenvalue weighted by Crippen LogP contribution is -2.32. The molecule has 3 heteroatoms. The van der Waals surface area contributed by atoms with Gasteiger partial charge < -0.3 is 10.1 Å². The summed E-state index contributed by atoms with van der Waals surface area (Å²) in [5.74, 6) is 0. The molecular formula is C14H20BrNO. The molecule has 0 atom stereocenters. The number of rotatable bonds is 4. The molecule has 94 valence electrons. The summed E-state index contributed by atoms with van der Waals surface area (Å²) in [6.07, 6.45) is 5.29. The second-order valence-electron chi connectivity index (χ2n) is 4.70. The van der Waals surface area contributed by atoms with Crippen LogP contribution in [0.5, 0.6) is 0 Å². The van der Waals surface area contributed by atoms with Crippen molar-refractivity contribution in [2.75, 3.05) is 7.05 Å². The smallest absolute Gasteiger partial charge is 0.0720 e. The Morgan fingerprint density at radius 3 is 2.41 bits per heavy atom. The summed E-state index contributed by atoms with van der Waals surface area (Å²) in [5.41, 5.74) is 1.25. The first-order valence-electron chi connectivity index (χ1n) is 6.31. The van der Waals surface area contributed by atoms with Crippen molar-refractivity contribution in [2.24, 2.45) is 0 Å². The highest BCUT2D eigenvalue weighted by atomic mass is 79.9.